The van der Waals surface area contributed by atoms with E-state index in [1.807, 2.05) is 0 Å². The van der Waals surface area contributed by atoms with Crippen LogP contribution >= 0.6 is 0 Å². The fourth-order valence-electron chi connectivity index (χ4n) is 2.04. The van der Waals surface area contributed by atoms with Crippen molar-refractivity contribution in [3.63, 3.8) is 0 Å². The molecule has 0 saturated carbocycles. The molecule has 0 aliphatic carbocycles. The average Bonchev–Trinajstić information content (AvgIpc) is 2.24. The number of ketones is 1. The summed E-state index contributed by atoms with van der Waals surface area (Å²) >= 11 is 0. The Balaban J connectivity index is 4.38. The van der Waals surface area contributed by atoms with Crippen LogP contribution in [0.25, 0.3) is 5.53 Å². The minimum absolute atomic E-state index is 0.0103. The molecule has 0 rings (SSSR count). The molecule has 0 unspecified atom stereocenters. The molecule has 0 aromatic rings. The summed E-state index contributed by atoms with van der Waals surface area (Å²) in [6.07, 6.45) is 5.88. The van der Waals surface area contributed by atoms with E-state index in [0.717, 1.165) is 6.21 Å². The van der Waals surface area contributed by atoms with Gasteiger partial charge in [0.05, 0.1) is 8.07 Å². The molecule has 0 aliphatic heterocycles. The van der Waals surface area contributed by atoms with Crippen molar-refractivity contribution in [1.29, 1.82) is 0 Å². The lowest BCUT2D eigenvalue weighted by atomic mass is 10.4. The van der Waals surface area contributed by atoms with Crippen LogP contribution in [0, 0.1) is 0 Å². The maximum Gasteiger partial charge on any atom is 0.322 e. The summed E-state index contributed by atoms with van der Waals surface area (Å²) in [4.78, 5) is 14.3. The Morgan fingerprint density at radius 2 is 1.75 bits per heavy atom. The summed E-state index contributed by atoms with van der Waals surface area (Å²) in [5.74, 6) is -0.0103. The van der Waals surface area contributed by atoms with Gasteiger partial charge in [-0.05, 0) is 0 Å². The molecule has 0 atom stereocenters. The third kappa shape index (κ3) is 6.70. The standard InChI is InChI=1S/C12H24N2OSi/c1-4-6-8-16(3,9-7-5-2)11-12(15)10-14-13/h10H,4-9,11H2,1-3H3. The molecule has 0 fully saturated rings. The van der Waals surface area contributed by atoms with Gasteiger partial charge in [0, 0.05) is 6.04 Å². The molecule has 0 aromatic heterocycles. The molecule has 3 nitrogen and oxygen atoms in total. The molecule has 4 heteroatoms. The van der Waals surface area contributed by atoms with Gasteiger partial charge >= 0.3 is 6.21 Å². The second-order valence-electron chi connectivity index (χ2n) is 4.91. The highest BCUT2D eigenvalue weighted by molar-refractivity contribution is 6.82. The predicted molar refractivity (Wildman–Crippen MR) is 70.5 cm³/mol. The van der Waals surface area contributed by atoms with Gasteiger partial charge in [-0.1, -0.05) is 58.2 Å². The second kappa shape index (κ2) is 8.42. The van der Waals surface area contributed by atoms with E-state index in [4.69, 9.17) is 5.53 Å². The smallest absolute Gasteiger partial charge is 0.322 e. The third-order valence-corrected chi connectivity index (χ3v) is 7.39. The zero-order valence-corrected chi connectivity index (χ0v) is 11.8. The summed E-state index contributed by atoms with van der Waals surface area (Å²) in [6, 6.07) is 3.07. The van der Waals surface area contributed by atoms with Crippen LogP contribution in [0.5, 0.6) is 0 Å². The Morgan fingerprint density at radius 1 is 1.25 bits per heavy atom. The summed E-state index contributed by atoms with van der Waals surface area (Å²) in [7, 11) is -1.44. The van der Waals surface area contributed by atoms with Gasteiger partial charge < -0.3 is 5.53 Å². The molecule has 0 aliphatic rings. The predicted octanol–water partition coefficient (Wildman–Crippen LogP) is 3.53. The topological polar surface area (TPSA) is 53.5 Å². The van der Waals surface area contributed by atoms with Crippen LogP contribution in [-0.4, -0.2) is 24.9 Å². The lowest BCUT2D eigenvalue weighted by molar-refractivity contribution is -0.114. The van der Waals surface area contributed by atoms with Crippen LogP contribution in [0.15, 0.2) is 0 Å². The van der Waals surface area contributed by atoms with Gasteiger partial charge in [0.1, 0.15) is 0 Å². The second-order valence-corrected chi connectivity index (χ2v) is 9.88. The number of unbranched alkanes of at least 4 members (excludes halogenated alkanes) is 2. The highest BCUT2D eigenvalue weighted by Gasteiger charge is 2.29. The molecule has 0 radical (unpaired) electrons. The largest absolute Gasteiger partial charge is 0.361 e. The van der Waals surface area contributed by atoms with Crippen LogP contribution in [0.2, 0.25) is 24.7 Å². The first kappa shape index (κ1) is 15.3. The zero-order chi connectivity index (χ0) is 12.4. The van der Waals surface area contributed by atoms with Gasteiger partial charge in [0.15, 0.2) is 0 Å². The third-order valence-electron chi connectivity index (χ3n) is 3.07. The molecule has 0 aromatic carbocycles. The fraction of sp³-hybridized carbons (Fsp3) is 0.833. The van der Waals surface area contributed by atoms with Crippen LogP contribution in [0.3, 0.4) is 0 Å². The maximum absolute atomic E-state index is 11.5. The van der Waals surface area contributed by atoms with Gasteiger partial charge in [0.25, 0.3) is 0 Å². The van der Waals surface area contributed by atoms with Gasteiger partial charge in [-0.25, -0.2) is 0 Å². The van der Waals surface area contributed by atoms with Crippen LogP contribution in [0.1, 0.15) is 39.5 Å². The number of hydrogen-bond donors (Lipinski definition) is 0. The molecular formula is C12H24N2OSi. The number of carbonyl (C=O) groups is 1. The number of hydrogen-bond acceptors (Lipinski definition) is 1. The summed E-state index contributed by atoms with van der Waals surface area (Å²) in [5.41, 5.74) is 8.35. The Bertz CT molecular complexity index is 252. The average molecular weight is 240 g/mol. The number of rotatable bonds is 9. The van der Waals surface area contributed by atoms with E-state index in [9.17, 15) is 4.79 Å². The molecular weight excluding hydrogens is 216 g/mol. The lowest BCUT2D eigenvalue weighted by Gasteiger charge is -2.25. The Morgan fingerprint density at radius 3 is 2.12 bits per heavy atom. The molecule has 0 saturated heterocycles. The van der Waals surface area contributed by atoms with Gasteiger partial charge in [-0.15, -0.1) is 0 Å². The summed E-state index contributed by atoms with van der Waals surface area (Å²) in [5, 5.41) is 0. The van der Waals surface area contributed by atoms with Crippen molar-refractivity contribution in [2.75, 3.05) is 0 Å². The van der Waals surface area contributed by atoms with Crippen molar-refractivity contribution in [3.05, 3.63) is 5.53 Å². The van der Waals surface area contributed by atoms with E-state index in [1.54, 1.807) is 0 Å². The highest BCUT2D eigenvalue weighted by Crippen LogP contribution is 2.25. The van der Waals surface area contributed by atoms with E-state index >= 15 is 0 Å². The van der Waals surface area contributed by atoms with Gasteiger partial charge in [-0.3, -0.25) is 4.79 Å². The van der Waals surface area contributed by atoms with Crippen LogP contribution < -0.4 is 0 Å². The van der Waals surface area contributed by atoms with Crippen molar-refractivity contribution in [2.45, 2.75) is 64.2 Å². The lowest BCUT2D eigenvalue weighted by Crippen LogP contribution is -2.33. The van der Waals surface area contributed by atoms with E-state index in [-0.39, 0.29) is 5.78 Å². The highest BCUT2D eigenvalue weighted by atomic mass is 28.3. The Labute approximate surface area is 99.9 Å². The zero-order valence-electron chi connectivity index (χ0n) is 10.8. The van der Waals surface area contributed by atoms with Crippen molar-refractivity contribution >= 4 is 20.1 Å². The molecule has 0 heterocycles. The van der Waals surface area contributed by atoms with E-state index < -0.39 is 8.07 Å². The first-order chi connectivity index (χ1) is 7.58. The first-order valence-corrected chi connectivity index (χ1v) is 9.40. The van der Waals surface area contributed by atoms with Crippen molar-refractivity contribution in [1.82, 2.24) is 0 Å². The molecule has 92 valence electrons. The fourth-order valence-corrected chi connectivity index (χ4v) is 5.99. The SMILES string of the molecule is CCCC[Si](C)(CCCC)CC(=O)C=[N+]=[N-]. The van der Waals surface area contributed by atoms with Gasteiger partial charge in [-0.2, -0.15) is 4.79 Å². The molecule has 0 spiro atoms. The number of carbonyl (C=O) groups excluding carboxylic acids is 1. The van der Waals surface area contributed by atoms with Gasteiger partial charge in [0.2, 0.25) is 5.78 Å². The van der Waals surface area contributed by atoms with E-state index in [2.05, 4.69) is 25.2 Å². The minimum Gasteiger partial charge on any atom is -0.361 e. The molecule has 0 N–H and O–H groups in total. The quantitative estimate of drug-likeness (QED) is 0.263. The van der Waals surface area contributed by atoms with E-state index in [0.29, 0.717) is 6.04 Å². The molecule has 0 bridgehead atoms. The van der Waals surface area contributed by atoms with Crippen molar-refractivity contribution in [2.24, 2.45) is 0 Å². The summed E-state index contributed by atoms with van der Waals surface area (Å²) < 4.78 is 0. The minimum atomic E-state index is -1.44. The summed E-state index contributed by atoms with van der Waals surface area (Å²) in [6.45, 7) is 6.68. The maximum atomic E-state index is 11.5. The van der Waals surface area contributed by atoms with E-state index in [1.165, 1.54) is 37.8 Å². The first-order valence-electron chi connectivity index (χ1n) is 6.28. The number of nitrogens with zero attached hydrogens (tertiary/aromatic N) is 2. The van der Waals surface area contributed by atoms with Crippen LogP contribution in [-0.2, 0) is 4.79 Å². The Hall–Kier alpha value is -0.733. The normalized spacial score (nSPS) is 10.9. The molecule has 0 amide bonds. The van der Waals surface area contributed by atoms with Crippen LogP contribution in [0.4, 0.5) is 0 Å². The number of Topliss-reactive ketones (excluding diaryl/α,β-unsaturated/α-hetero) is 1. The van der Waals surface area contributed by atoms with Crippen molar-refractivity contribution in [3.8, 4) is 0 Å². The molecule has 16 heavy (non-hydrogen) atoms. The Kier molecular flexibility index (Phi) is 8.04. The monoisotopic (exact) mass is 240 g/mol. The van der Waals surface area contributed by atoms with Crippen molar-refractivity contribution < 1.29 is 9.58 Å².